The van der Waals surface area contributed by atoms with Gasteiger partial charge in [0.1, 0.15) is 13.2 Å². The van der Waals surface area contributed by atoms with Crippen molar-refractivity contribution in [2.24, 2.45) is 0 Å². The molecule has 0 saturated carbocycles. The minimum Gasteiger partial charge on any atom is -0.462 e. The van der Waals surface area contributed by atoms with E-state index < -0.39 is 6.10 Å². The lowest BCUT2D eigenvalue weighted by Gasteiger charge is -2.18. The van der Waals surface area contributed by atoms with Crippen molar-refractivity contribution in [2.75, 3.05) is 13.2 Å². The van der Waals surface area contributed by atoms with E-state index in [1.54, 1.807) is 0 Å². The predicted molar refractivity (Wildman–Crippen MR) is 210 cm³/mol. The Hall–Kier alpha value is -2.63. The standard InChI is InChI=1S/C44H76O6/c1-4-7-10-13-16-19-21-22-23-26-28-31-34-37-43(46)49-40-41(39-48-42(45)36-33-30-27-24-18-15-12-9-6-3)50-44(47)38-35-32-29-25-20-17-14-11-8-5-2/h7,10,13-14,16-17,19,21,41H,4-6,8-9,11-12,15,18,20,22-40H2,1-3H3/b10-7-,16-13-,17-14-,21-19-. The molecule has 0 heterocycles. The highest BCUT2D eigenvalue weighted by molar-refractivity contribution is 5.71. The monoisotopic (exact) mass is 701 g/mol. The number of hydrogen-bond donors (Lipinski definition) is 0. The molecular formula is C44H76O6. The van der Waals surface area contributed by atoms with Gasteiger partial charge < -0.3 is 14.2 Å². The van der Waals surface area contributed by atoms with Gasteiger partial charge in [-0.25, -0.2) is 0 Å². The lowest BCUT2D eigenvalue weighted by Crippen LogP contribution is -2.30. The summed E-state index contributed by atoms with van der Waals surface area (Å²) < 4.78 is 16.6. The topological polar surface area (TPSA) is 78.9 Å². The molecule has 0 aromatic heterocycles. The summed E-state index contributed by atoms with van der Waals surface area (Å²) in [5.74, 6) is -0.928. The van der Waals surface area contributed by atoms with Gasteiger partial charge in [-0.2, -0.15) is 0 Å². The van der Waals surface area contributed by atoms with Crippen molar-refractivity contribution in [1.29, 1.82) is 0 Å². The lowest BCUT2D eigenvalue weighted by molar-refractivity contribution is -0.167. The summed E-state index contributed by atoms with van der Waals surface area (Å²) in [6.07, 6.45) is 43.8. The fourth-order valence-corrected chi connectivity index (χ4v) is 5.48. The van der Waals surface area contributed by atoms with Crippen molar-refractivity contribution >= 4 is 17.9 Å². The van der Waals surface area contributed by atoms with Crippen LogP contribution in [0.15, 0.2) is 48.6 Å². The van der Waals surface area contributed by atoms with Crippen LogP contribution in [0.4, 0.5) is 0 Å². The highest BCUT2D eigenvalue weighted by Crippen LogP contribution is 2.13. The van der Waals surface area contributed by atoms with Crippen LogP contribution in [0.3, 0.4) is 0 Å². The van der Waals surface area contributed by atoms with Gasteiger partial charge in [0.15, 0.2) is 6.10 Å². The first-order valence-corrected chi connectivity index (χ1v) is 20.7. The maximum Gasteiger partial charge on any atom is 0.306 e. The van der Waals surface area contributed by atoms with E-state index in [0.717, 1.165) is 103 Å². The first kappa shape index (κ1) is 47.4. The first-order chi connectivity index (χ1) is 24.5. The molecule has 1 atom stereocenters. The van der Waals surface area contributed by atoms with E-state index in [9.17, 15) is 14.4 Å². The van der Waals surface area contributed by atoms with Gasteiger partial charge >= 0.3 is 17.9 Å². The van der Waals surface area contributed by atoms with E-state index in [-0.39, 0.29) is 31.1 Å². The number of hydrogen-bond acceptors (Lipinski definition) is 6. The second kappa shape index (κ2) is 39.2. The van der Waals surface area contributed by atoms with Crippen LogP contribution in [0.5, 0.6) is 0 Å². The van der Waals surface area contributed by atoms with E-state index in [1.165, 1.54) is 51.4 Å². The molecule has 1 unspecified atom stereocenters. The van der Waals surface area contributed by atoms with Crippen molar-refractivity contribution in [3.05, 3.63) is 48.6 Å². The second-order valence-corrected chi connectivity index (χ2v) is 13.6. The maximum atomic E-state index is 12.6. The third-order valence-electron chi connectivity index (χ3n) is 8.63. The summed E-state index contributed by atoms with van der Waals surface area (Å²) >= 11 is 0. The average molecular weight is 701 g/mol. The molecule has 0 N–H and O–H groups in total. The molecule has 0 bridgehead atoms. The van der Waals surface area contributed by atoms with Crippen LogP contribution in [0.2, 0.25) is 0 Å². The summed E-state index contributed by atoms with van der Waals surface area (Å²) in [6.45, 7) is 6.39. The Morgan fingerprint density at radius 1 is 0.420 bits per heavy atom. The molecule has 0 radical (unpaired) electrons. The fourth-order valence-electron chi connectivity index (χ4n) is 5.48. The van der Waals surface area contributed by atoms with Gasteiger partial charge in [0.05, 0.1) is 0 Å². The zero-order chi connectivity index (χ0) is 36.6. The number of unbranched alkanes of at least 4 members (excludes halogenated alkanes) is 19. The van der Waals surface area contributed by atoms with Crippen molar-refractivity contribution in [2.45, 2.75) is 200 Å². The minimum absolute atomic E-state index is 0.0840. The number of esters is 3. The highest BCUT2D eigenvalue weighted by atomic mass is 16.6. The van der Waals surface area contributed by atoms with Crippen molar-refractivity contribution < 1.29 is 28.6 Å². The zero-order valence-corrected chi connectivity index (χ0v) is 32.7. The van der Waals surface area contributed by atoms with E-state index in [4.69, 9.17) is 14.2 Å². The van der Waals surface area contributed by atoms with Gasteiger partial charge in [-0.3, -0.25) is 14.4 Å². The number of carbonyl (C=O) groups is 3. The van der Waals surface area contributed by atoms with Crippen molar-refractivity contribution in [3.8, 4) is 0 Å². The first-order valence-electron chi connectivity index (χ1n) is 20.7. The molecule has 0 aliphatic heterocycles. The molecule has 288 valence electrons. The third kappa shape index (κ3) is 36.6. The Labute approximate surface area is 307 Å². The van der Waals surface area contributed by atoms with Gasteiger partial charge in [-0.15, -0.1) is 0 Å². The van der Waals surface area contributed by atoms with Crippen molar-refractivity contribution in [1.82, 2.24) is 0 Å². The summed E-state index contributed by atoms with van der Waals surface area (Å²) in [7, 11) is 0. The van der Waals surface area contributed by atoms with Gasteiger partial charge in [-0.1, -0.05) is 166 Å². The molecule has 0 amide bonds. The Morgan fingerprint density at radius 2 is 0.820 bits per heavy atom. The minimum atomic E-state index is -0.780. The van der Waals surface area contributed by atoms with Gasteiger partial charge in [-0.05, 0) is 57.8 Å². The summed E-state index contributed by atoms with van der Waals surface area (Å²) in [4.78, 5) is 37.5. The zero-order valence-electron chi connectivity index (χ0n) is 32.7. The SMILES string of the molecule is CC\C=C/C=C\C=C/CCCCCCCC(=O)OCC(COC(=O)CCCCCCCCCCC)OC(=O)CCCCCC/C=C\CCCC. The normalized spacial score (nSPS) is 12.5. The van der Waals surface area contributed by atoms with E-state index >= 15 is 0 Å². The quantitative estimate of drug-likeness (QED) is 0.0213. The van der Waals surface area contributed by atoms with Crippen LogP contribution in [-0.2, 0) is 28.6 Å². The third-order valence-corrected chi connectivity index (χ3v) is 8.63. The molecule has 50 heavy (non-hydrogen) atoms. The van der Waals surface area contributed by atoms with E-state index in [1.807, 2.05) is 0 Å². The van der Waals surface area contributed by atoms with Crippen LogP contribution < -0.4 is 0 Å². The summed E-state index contributed by atoms with van der Waals surface area (Å²) in [5.41, 5.74) is 0. The Kier molecular flexibility index (Phi) is 37.1. The molecule has 0 spiro atoms. The van der Waals surface area contributed by atoms with Gasteiger partial charge in [0.2, 0.25) is 0 Å². The highest BCUT2D eigenvalue weighted by Gasteiger charge is 2.19. The molecule has 0 aliphatic carbocycles. The number of ether oxygens (including phenoxy) is 3. The van der Waals surface area contributed by atoms with Gasteiger partial charge in [0, 0.05) is 19.3 Å². The summed E-state index contributed by atoms with van der Waals surface area (Å²) in [5, 5.41) is 0. The summed E-state index contributed by atoms with van der Waals surface area (Å²) in [6, 6.07) is 0. The van der Waals surface area contributed by atoms with Crippen LogP contribution in [-0.4, -0.2) is 37.2 Å². The Morgan fingerprint density at radius 3 is 1.32 bits per heavy atom. The molecule has 0 fully saturated rings. The van der Waals surface area contributed by atoms with Crippen LogP contribution >= 0.6 is 0 Å². The second-order valence-electron chi connectivity index (χ2n) is 13.6. The smallest absolute Gasteiger partial charge is 0.306 e. The number of carbonyl (C=O) groups excluding carboxylic acids is 3. The van der Waals surface area contributed by atoms with E-state index in [0.29, 0.717) is 19.3 Å². The average Bonchev–Trinajstić information content (AvgIpc) is 3.11. The van der Waals surface area contributed by atoms with Gasteiger partial charge in [0.25, 0.3) is 0 Å². The molecule has 0 rings (SSSR count). The molecule has 0 aromatic carbocycles. The molecular weight excluding hydrogens is 624 g/mol. The van der Waals surface area contributed by atoms with Crippen molar-refractivity contribution in [3.63, 3.8) is 0 Å². The largest absolute Gasteiger partial charge is 0.462 e. The number of allylic oxidation sites excluding steroid dienone is 8. The maximum absolute atomic E-state index is 12.6. The molecule has 6 nitrogen and oxygen atoms in total. The van der Waals surface area contributed by atoms with E-state index in [2.05, 4.69) is 69.4 Å². The molecule has 0 saturated heterocycles. The predicted octanol–water partition coefficient (Wildman–Crippen LogP) is 12.8. The Balaban J connectivity index is 4.41. The van der Waals surface area contributed by atoms with Crippen LogP contribution in [0.25, 0.3) is 0 Å². The van der Waals surface area contributed by atoms with Crippen LogP contribution in [0, 0.1) is 0 Å². The molecule has 0 aromatic rings. The fraction of sp³-hybridized carbons (Fsp3) is 0.750. The molecule has 6 heteroatoms. The lowest BCUT2D eigenvalue weighted by atomic mass is 10.1. The Bertz CT molecular complexity index is 902. The molecule has 0 aliphatic rings. The van der Waals surface area contributed by atoms with Crippen LogP contribution in [0.1, 0.15) is 194 Å². The number of rotatable bonds is 36.